The van der Waals surface area contributed by atoms with E-state index in [1.165, 1.54) is 0 Å². The van der Waals surface area contributed by atoms with Crippen molar-refractivity contribution < 1.29 is 4.74 Å². The number of hydrogen-bond donors (Lipinski definition) is 1. The molecule has 0 radical (unpaired) electrons. The summed E-state index contributed by atoms with van der Waals surface area (Å²) in [5.41, 5.74) is 8.73. The molecule has 116 valence electrons. The molecule has 0 atom stereocenters. The van der Waals surface area contributed by atoms with Crippen LogP contribution >= 0.6 is 12.2 Å². The lowest BCUT2D eigenvalue weighted by Crippen LogP contribution is -2.14. The van der Waals surface area contributed by atoms with Gasteiger partial charge in [0, 0.05) is 24.5 Å². The van der Waals surface area contributed by atoms with Gasteiger partial charge in [-0.3, -0.25) is 0 Å². The molecule has 3 rings (SSSR count). The highest BCUT2D eigenvalue weighted by molar-refractivity contribution is 7.80. The average Bonchev–Trinajstić information content (AvgIpc) is 3.03. The number of para-hydroxylation sites is 1. The molecule has 1 aromatic heterocycles. The average molecular weight is 323 g/mol. The monoisotopic (exact) mass is 323 g/mol. The molecule has 23 heavy (non-hydrogen) atoms. The molecular formula is C18H17N3OS. The largest absolute Gasteiger partial charge is 0.496 e. The minimum atomic E-state index is 0.402. The van der Waals surface area contributed by atoms with E-state index in [0.29, 0.717) is 11.5 Å². The predicted octanol–water partition coefficient (Wildman–Crippen LogP) is 3.24. The lowest BCUT2D eigenvalue weighted by atomic mass is 10.1. The number of imidazole rings is 1. The van der Waals surface area contributed by atoms with Gasteiger partial charge in [-0.2, -0.15) is 0 Å². The number of benzene rings is 2. The summed E-state index contributed by atoms with van der Waals surface area (Å²) in [6.45, 7) is 0.640. The summed E-state index contributed by atoms with van der Waals surface area (Å²) in [4.78, 5) is 4.89. The van der Waals surface area contributed by atoms with Gasteiger partial charge in [-0.05, 0) is 17.7 Å². The smallest absolute Gasteiger partial charge is 0.143 e. The van der Waals surface area contributed by atoms with E-state index in [-0.39, 0.29) is 0 Å². The maximum Gasteiger partial charge on any atom is 0.143 e. The first-order chi connectivity index (χ1) is 11.2. The maximum atomic E-state index is 5.82. The fourth-order valence-electron chi connectivity index (χ4n) is 2.59. The van der Waals surface area contributed by atoms with E-state index in [1.807, 2.05) is 54.7 Å². The number of nitrogens with zero attached hydrogens (tertiary/aromatic N) is 2. The van der Waals surface area contributed by atoms with E-state index in [4.69, 9.17) is 22.7 Å². The van der Waals surface area contributed by atoms with Crippen LogP contribution in [-0.2, 0) is 6.54 Å². The molecule has 5 heteroatoms. The van der Waals surface area contributed by atoms with E-state index < -0.39 is 0 Å². The predicted molar refractivity (Wildman–Crippen MR) is 95.6 cm³/mol. The summed E-state index contributed by atoms with van der Waals surface area (Å²) in [6, 6.07) is 15.7. The fraction of sp³-hybridized carbons (Fsp3) is 0.111. The van der Waals surface area contributed by atoms with E-state index in [1.54, 1.807) is 13.3 Å². The highest BCUT2D eigenvalue weighted by atomic mass is 32.1. The Bertz CT molecular complexity index is 842. The van der Waals surface area contributed by atoms with Crippen LogP contribution in [0.2, 0.25) is 0 Å². The topological polar surface area (TPSA) is 53.1 Å². The van der Waals surface area contributed by atoms with Crippen LogP contribution in [0.1, 0.15) is 11.1 Å². The Morgan fingerprint density at radius 1 is 1.17 bits per heavy atom. The van der Waals surface area contributed by atoms with Gasteiger partial charge in [0.25, 0.3) is 0 Å². The highest BCUT2D eigenvalue weighted by Crippen LogP contribution is 2.28. The van der Waals surface area contributed by atoms with Crippen LogP contribution in [0.3, 0.4) is 0 Å². The normalized spacial score (nSPS) is 10.5. The van der Waals surface area contributed by atoms with Crippen molar-refractivity contribution in [2.45, 2.75) is 6.54 Å². The van der Waals surface area contributed by atoms with E-state index >= 15 is 0 Å². The Labute approximate surface area is 140 Å². The zero-order valence-electron chi connectivity index (χ0n) is 12.8. The Hall–Kier alpha value is -2.66. The molecule has 0 aliphatic rings. The van der Waals surface area contributed by atoms with Gasteiger partial charge in [0.15, 0.2) is 0 Å². The summed E-state index contributed by atoms with van der Waals surface area (Å²) < 4.78 is 7.51. The van der Waals surface area contributed by atoms with Crippen molar-refractivity contribution in [1.82, 2.24) is 9.55 Å². The lowest BCUT2D eigenvalue weighted by Gasteiger charge is -2.13. The van der Waals surface area contributed by atoms with Crippen molar-refractivity contribution in [3.05, 3.63) is 72.1 Å². The standard InChI is InChI=1S/C18H17N3OS/c1-22-16-9-5-4-8-15(16)18-20-10-11-21(18)12-13-6-2-3-7-14(13)17(19)23/h2-11H,12H2,1H3,(H2,19,23). The molecule has 0 saturated heterocycles. The maximum absolute atomic E-state index is 5.82. The molecule has 0 amide bonds. The molecule has 1 heterocycles. The molecular weight excluding hydrogens is 306 g/mol. The summed E-state index contributed by atoms with van der Waals surface area (Å²) in [6.07, 6.45) is 3.73. The van der Waals surface area contributed by atoms with Gasteiger partial charge in [-0.25, -0.2) is 4.98 Å². The Morgan fingerprint density at radius 3 is 2.70 bits per heavy atom. The van der Waals surface area contributed by atoms with Crippen LogP contribution in [0.5, 0.6) is 5.75 Å². The zero-order chi connectivity index (χ0) is 16.2. The van der Waals surface area contributed by atoms with Crippen molar-refractivity contribution in [2.24, 2.45) is 5.73 Å². The van der Waals surface area contributed by atoms with E-state index in [0.717, 1.165) is 28.3 Å². The lowest BCUT2D eigenvalue weighted by molar-refractivity contribution is 0.416. The van der Waals surface area contributed by atoms with Crippen molar-refractivity contribution in [3.63, 3.8) is 0 Å². The molecule has 0 unspecified atom stereocenters. The number of hydrogen-bond acceptors (Lipinski definition) is 3. The third-order valence-electron chi connectivity index (χ3n) is 3.69. The SMILES string of the molecule is COc1ccccc1-c1nccn1Cc1ccccc1C(N)=S. The van der Waals surface area contributed by atoms with Crippen LogP contribution in [0.25, 0.3) is 11.4 Å². The van der Waals surface area contributed by atoms with Gasteiger partial charge < -0.3 is 15.0 Å². The third kappa shape index (κ3) is 3.10. The number of ether oxygens (including phenoxy) is 1. The number of thiocarbonyl (C=S) groups is 1. The molecule has 4 nitrogen and oxygen atoms in total. The van der Waals surface area contributed by atoms with Crippen molar-refractivity contribution in [2.75, 3.05) is 7.11 Å². The quantitative estimate of drug-likeness (QED) is 0.732. The summed E-state index contributed by atoms with van der Waals surface area (Å²) >= 11 is 5.14. The molecule has 0 bridgehead atoms. The second kappa shape index (κ2) is 6.62. The Morgan fingerprint density at radius 2 is 1.91 bits per heavy atom. The molecule has 0 aliphatic carbocycles. The molecule has 3 aromatic rings. The fourth-order valence-corrected chi connectivity index (χ4v) is 2.79. The summed E-state index contributed by atoms with van der Waals surface area (Å²) in [5, 5.41) is 0. The molecule has 0 spiro atoms. The first-order valence-corrected chi connectivity index (χ1v) is 7.63. The molecule has 0 fully saturated rings. The van der Waals surface area contributed by atoms with E-state index in [2.05, 4.69) is 9.55 Å². The Kier molecular flexibility index (Phi) is 4.39. The number of aromatic nitrogens is 2. The Balaban J connectivity index is 2.01. The minimum Gasteiger partial charge on any atom is -0.496 e. The van der Waals surface area contributed by atoms with Crippen LogP contribution in [0.15, 0.2) is 60.9 Å². The van der Waals surface area contributed by atoms with Gasteiger partial charge >= 0.3 is 0 Å². The van der Waals surface area contributed by atoms with Crippen molar-refractivity contribution in [3.8, 4) is 17.1 Å². The molecule has 0 aliphatic heterocycles. The minimum absolute atomic E-state index is 0.402. The molecule has 2 N–H and O–H groups in total. The van der Waals surface area contributed by atoms with Gasteiger partial charge in [0.05, 0.1) is 12.7 Å². The highest BCUT2D eigenvalue weighted by Gasteiger charge is 2.13. The third-order valence-corrected chi connectivity index (χ3v) is 3.91. The van der Waals surface area contributed by atoms with Gasteiger partial charge in [-0.1, -0.05) is 48.6 Å². The summed E-state index contributed by atoms with van der Waals surface area (Å²) in [7, 11) is 1.66. The molecule has 0 saturated carbocycles. The van der Waals surface area contributed by atoms with Gasteiger partial charge in [0.1, 0.15) is 16.6 Å². The van der Waals surface area contributed by atoms with Crippen LogP contribution in [-0.4, -0.2) is 21.6 Å². The first kappa shape index (κ1) is 15.2. The van der Waals surface area contributed by atoms with Crippen molar-refractivity contribution >= 4 is 17.2 Å². The van der Waals surface area contributed by atoms with Crippen molar-refractivity contribution in [1.29, 1.82) is 0 Å². The number of methoxy groups -OCH3 is 1. The summed E-state index contributed by atoms with van der Waals surface area (Å²) in [5.74, 6) is 1.64. The van der Waals surface area contributed by atoms with Crippen LogP contribution < -0.4 is 10.5 Å². The zero-order valence-corrected chi connectivity index (χ0v) is 13.6. The van der Waals surface area contributed by atoms with Crippen LogP contribution in [0, 0.1) is 0 Å². The second-order valence-corrected chi connectivity index (χ2v) is 5.54. The molecule has 2 aromatic carbocycles. The number of nitrogens with two attached hydrogens (primary N) is 1. The second-order valence-electron chi connectivity index (χ2n) is 5.10. The van der Waals surface area contributed by atoms with E-state index in [9.17, 15) is 0 Å². The van der Waals surface area contributed by atoms with Gasteiger partial charge in [0.2, 0.25) is 0 Å². The van der Waals surface area contributed by atoms with Gasteiger partial charge in [-0.15, -0.1) is 0 Å². The van der Waals surface area contributed by atoms with Crippen LogP contribution in [0.4, 0.5) is 0 Å². The first-order valence-electron chi connectivity index (χ1n) is 7.23. The number of rotatable bonds is 5.